The Hall–Kier alpha value is -1.47. The molecule has 4 nitrogen and oxygen atoms in total. The van der Waals surface area contributed by atoms with Gasteiger partial charge < -0.3 is 9.64 Å². The lowest BCUT2D eigenvalue weighted by atomic mass is 10.2. The second-order valence-electron chi connectivity index (χ2n) is 6.24. The van der Waals surface area contributed by atoms with Gasteiger partial charge in [0.1, 0.15) is 5.75 Å². The number of halogens is 4. The lowest BCUT2D eigenvalue weighted by Crippen LogP contribution is -2.43. The minimum atomic E-state index is -4.22. The van der Waals surface area contributed by atoms with Gasteiger partial charge in [-0.25, -0.2) is 0 Å². The molecule has 0 unspecified atom stereocenters. The highest BCUT2D eigenvalue weighted by molar-refractivity contribution is 6.30. The number of ether oxygens (including phenoxy) is 1. The molecular weight excluding hydrogens is 357 g/mol. The zero-order valence-corrected chi connectivity index (χ0v) is 15.0. The standard InChI is InChI=1S/C17H22ClF3N2O2/c1-12-10-14(18)4-5-15(12)25-13(2)16(24)23-7-3-6-22(8-9-23)11-17(19,20)21/h4-5,10,13H,3,6-9,11H2,1-2H3/t13-/m0/s1. The molecule has 0 saturated carbocycles. The smallest absolute Gasteiger partial charge is 0.401 e. The summed E-state index contributed by atoms with van der Waals surface area (Å²) < 4.78 is 43.3. The van der Waals surface area contributed by atoms with Crippen LogP contribution in [0.2, 0.25) is 5.02 Å². The van der Waals surface area contributed by atoms with E-state index in [1.54, 1.807) is 30.0 Å². The van der Waals surface area contributed by atoms with Gasteiger partial charge in [0.25, 0.3) is 5.91 Å². The van der Waals surface area contributed by atoms with Gasteiger partial charge >= 0.3 is 6.18 Å². The Morgan fingerprint density at radius 2 is 2.00 bits per heavy atom. The lowest BCUT2D eigenvalue weighted by molar-refractivity contribution is -0.145. The third-order valence-electron chi connectivity index (χ3n) is 4.09. The fourth-order valence-electron chi connectivity index (χ4n) is 2.85. The number of amides is 1. The van der Waals surface area contributed by atoms with Crippen LogP contribution in [0, 0.1) is 6.92 Å². The van der Waals surface area contributed by atoms with E-state index in [0.29, 0.717) is 30.3 Å². The van der Waals surface area contributed by atoms with Crippen LogP contribution in [0.15, 0.2) is 18.2 Å². The van der Waals surface area contributed by atoms with Crippen molar-refractivity contribution in [3.63, 3.8) is 0 Å². The van der Waals surface area contributed by atoms with Gasteiger partial charge in [-0.2, -0.15) is 13.2 Å². The summed E-state index contributed by atoms with van der Waals surface area (Å²) in [5, 5.41) is 0.584. The second kappa shape index (κ2) is 8.27. The topological polar surface area (TPSA) is 32.8 Å². The molecule has 1 atom stereocenters. The third-order valence-corrected chi connectivity index (χ3v) is 4.33. The number of alkyl halides is 3. The average molecular weight is 379 g/mol. The summed E-state index contributed by atoms with van der Waals surface area (Å²) in [6.07, 6.45) is -4.43. The first-order valence-corrected chi connectivity index (χ1v) is 8.54. The van der Waals surface area contributed by atoms with Crippen molar-refractivity contribution < 1.29 is 22.7 Å². The molecule has 1 heterocycles. The van der Waals surface area contributed by atoms with Gasteiger partial charge in [0, 0.05) is 31.2 Å². The van der Waals surface area contributed by atoms with E-state index in [-0.39, 0.29) is 19.0 Å². The van der Waals surface area contributed by atoms with Gasteiger partial charge in [0.15, 0.2) is 6.10 Å². The molecule has 1 amide bonds. The van der Waals surface area contributed by atoms with E-state index in [4.69, 9.17) is 16.3 Å². The quantitative estimate of drug-likeness (QED) is 0.803. The molecule has 1 aromatic carbocycles. The highest BCUT2D eigenvalue weighted by Crippen LogP contribution is 2.23. The molecule has 140 valence electrons. The van der Waals surface area contributed by atoms with E-state index >= 15 is 0 Å². The average Bonchev–Trinajstić information content (AvgIpc) is 2.73. The molecule has 1 aromatic rings. The van der Waals surface area contributed by atoms with Gasteiger partial charge in [0.2, 0.25) is 0 Å². The predicted molar refractivity (Wildman–Crippen MR) is 90.0 cm³/mol. The summed E-state index contributed by atoms with van der Waals surface area (Å²) in [5.41, 5.74) is 0.819. The van der Waals surface area contributed by atoms with Crippen LogP contribution < -0.4 is 4.74 Å². The van der Waals surface area contributed by atoms with Crippen molar-refractivity contribution in [3.05, 3.63) is 28.8 Å². The SMILES string of the molecule is Cc1cc(Cl)ccc1O[C@@H](C)C(=O)N1CCCN(CC(F)(F)F)CC1. The monoisotopic (exact) mass is 378 g/mol. The van der Waals surface area contributed by atoms with E-state index in [0.717, 1.165) is 5.56 Å². The van der Waals surface area contributed by atoms with Crippen LogP contribution in [0.5, 0.6) is 5.75 Å². The lowest BCUT2D eigenvalue weighted by Gasteiger charge is -2.25. The van der Waals surface area contributed by atoms with Crippen LogP contribution in [0.1, 0.15) is 18.9 Å². The number of carbonyl (C=O) groups is 1. The van der Waals surface area contributed by atoms with Gasteiger partial charge in [0.05, 0.1) is 6.54 Å². The minimum Gasteiger partial charge on any atom is -0.481 e. The number of rotatable bonds is 4. The van der Waals surface area contributed by atoms with Crippen molar-refractivity contribution >= 4 is 17.5 Å². The summed E-state index contributed by atoms with van der Waals surface area (Å²) in [6, 6.07) is 5.13. The van der Waals surface area contributed by atoms with Crippen LogP contribution >= 0.6 is 11.6 Å². The second-order valence-corrected chi connectivity index (χ2v) is 6.68. The Kier molecular flexibility index (Phi) is 6.57. The molecule has 0 bridgehead atoms. The normalized spacial score (nSPS) is 17.9. The molecule has 1 aliphatic rings. The molecular formula is C17H22ClF3N2O2. The highest BCUT2D eigenvalue weighted by atomic mass is 35.5. The molecule has 1 aliphatic heterocycles. The van der Waals surface area contributed by atoms with E-state index in [1.165, 1.54) is 4.90 Å². The number of benzene rings is 1. The summed E-state index contributed by atoms with van der Waals surface area (Å²) >= 11 is 5.90. The molecule has 0 spiro atoms. The number of hydrogen-bond donors (Lipinski definition) is 0. The third kappa shape index (κ3) is 6.08. The number of aryl methyl sites for hydroxylation is 1. The summed E-state index contributed by atoms with van der Waals surface area (Å²) in [4.78, 5) is 15.5. The van der Waals surface area contributed by atoms with Crippen LogP contribution in [-0.2, 0) is 4.79 Å². The molecule has 8 heteroatoms. The largest absolute Gasteiger partial charge is 0.481 e. The Balaban J connectivity index is 1.93. The van der Waals surface area contributed by atoms with Crippen molar-refractivity contribution in [2.75, 3.05) is 32.7 Å². The van der Waals surface area contributed by atoms with E-state index in [2.05, 4.69) is 0 Å². The highest BCUT2D eigenvalue weighted by Gasteiger charge is 2.32. The molecule has 0 aromatic heterocycles. The molecule has 2 rings (SSSR count). The minimum absolute atomic E-state index is 0.206. The van der Waals surface area contributed by atoms with Crippen LogP contribution in [0.4, 0.5) is 13.2 Å². The summed E-state index contributed by atoms with van der Waals surface area (Å²) in [7, 11) is 0. The number of nitrogens with zero attached hydrogens (tertiary/aromatic N) is 2. The molecule has 1 saturated heterocycles. The summed E-state index contributed by atoms with van der Waals surface area (Å²) in [5.74, 6) is 0.349. The van der Waals surface area contributed by atoms with Gasteiger partial charge in [-0.05, 0) is 44.0 Å². The first-order chi connectivity index (χ1) is 11.7. The maximum atomic E-state index is 12.6. The number of carbonyl (C=O) groups excluding carboxylic acids is 1. The summed E-state index contributed by atoms with van der Waals surface area (Å²) in [6.45, 7) is 3.77. The van der Waals surface area contributed by atoms with Crippen LogP contribution in [0.25, 0.3) is 0 Å². The van der Waals surface area contributed by atoms with Crippen molar-refractivity contribution in [1.82, 2.24) is 9.80 Å². The van der Waals surface area contributed by atoms with Crippen molar-refractivity contribution in [2.24, 2.45) is 0 Å². The fourth-order valence-corrected chi connectivity index (χ4v) is 3.07. The Bertz CT molecular complexity index is 610. The molecule has 0 N–H and O–H groups in total. The van der Waals surface area contributed by atoms with Gasteiger partial charge in [-0.1, -0.05) is 11.6 Å². The van der Waals surface area contributed by atoms with Crippen molar-refractivity contribution in [3.8, 4) is 5.75 Å². The zero-order chi connectivity index (χ0) is 18.6. The Labute approximate surface area is 150 Å². The Morgan fingerprint density at radius 3 is 2.64 bits per heavy atom. The first kappa shape index (κ1) is 19.8. The van der Waals surface area contributed by atoms with Gasteiger partial charge in [-0.3, -0.25) is 9.69 Å². The molecule has 1 fully saturated rings. The van der Waals surface area contributed by atoms with Crippen LogP contribution in [-0.4, -0.2) is 60.7 Å². The first-order valence-electron chi connectivity index (χ1n) is 8.16. The van der Waals surface area contributed by atoms with Crippen LogP contribution in [0.3, 0.4) is 0 Å². The van der Waals surface area contributed by atoms with E-state index < -0.39 is 18.8 Å². The van der Waals surface area contributed by atoms with Crippen molar-refractivity contribution in [2.45, 2.75) is 32.5 Å². The molecule has 0 aliphatic carbocycles. The molecule has 0 radical (unpaired) electrons. The Morgan fingerprint density at radius 1 is 1.28 bits per heavy atom. The maximum Gasteiger partial charge on any atom is 0.401 e. The fraction of sp³-hybridized carbons (Fsp3) is 0.588. The van der Waals surface area contributed by atoms with Gasteiger partial charge in [-0.15, -0.1) is 0 Å². The van der Waals surface area contributed by atoms with Crippen molar-refractivity contribution in [1.29, 1.82) is 0 Å². The van der Waals surface area contributed by atoms with E-state index in [1.807, 2.05) is 6.92 Å². The number of hydrogen-bond acceptors (Lipinski definition) is 3. The van der Waals surface area contributed by atoms with E-state index in [9.17, 15) is 18.0 Å². The predicted octanol–water partition coefficient (Wildman–Crippen LogP) is 3.51. The maximum absolute atomic E-state index is 12.6. The zero-order valence-electron chi connectivity index (χ0n) is 14.3. The molecule has 25 heavy (non-hydrogen) atoms.